The van der Waals surface area contributed by atoms with Gasteiger partial charge in [0.2, 0.25) is 0 Å². The van der Waals surface area contributed by atoms with Crippen molar-refractivity contribution in [1.82, 2.24) is 4.90 Å². The van der Waals surface area contributed by atoms with E-state index in [9.17, 15) is 9.18 Å². The van der Waals surface area contributed by atoms with Gasteiger partial charge < -0.3 is 15.1 Å². The molecule has 5 heteroatoms. The lowest BCUT2D eigenvalue weighted by Gasteiger charge is -2.29. The molecule has 1 rings (SSSR count). The Labute approximate surface area is 63.2 Å². The summed E-state index contributed by atoms with van der Waals surface area (Å²) in [6.45, 7) is 0.0596. The van der Waals surface area contributed by atoms with Gasteiger partial charge in [-0.15, -0.1) is 0 Å². The van der Waals surface area contributed by atoms with E-state index in [1.54, 1.807) is 0 Å². The number of aliphatic hydroxyl groups excluding tert-OH is 1. The van der Waals surface area contributed by atoms with Gasteiger partial charge in [0.15, 0.2) is 0 Å². The number of hydrogen-bond acceptors (Lipinski definition) is 2. The number of halogens is 1. The Morgan fingerprint density at radius 1 is 1.64 bits per heavy atom. The van der Waals surface area contributed by atoms with Crippen molar-refractivity contribution in [3.8, 4) is 0 Å². The summed E-state index contributed by atoms with van der Waals surface area (Å²) < 4.78 is 12.5. The van der Waals surface area contributed by atoms with Crippen molar-refractivity contribution in [2.24, 2.45) is 0 Å². The lowest BCUT2D eigenvalue weighted by molar-refractivity contribution is 0.00800. The van der Waals surface area contributed by atoms with Gasteiger partial charge in [-0.05, 0) is 6.42 Å². The first kappa shape index (κ1) is 8.26. The van der Waals surface area contributed by atoms with Crippen LogP contribution in [0.15, 0.2) is 0 Å². The van der Waals surface area contributed by atoms with E-state index in [0.717, 1.165) is 4.90 Å². The zero-order chi connectivity index (χ0) is 8.43. The van der Waals surface area contributed by atoms with E-state index >= 15 is 0 Å². The average Bonchev–Trinajstić information content (AvgIpc) is 1.94. The molecular formula is C6H10FNO3. The van der Waals surface area contributed by atoms with E-state index in [4.69, 9.17) is 10.2 Å². The maximum absolute atomic E-state index is 12.5. The number of piperidine rings is 1. The summed E-state index contributed by atoms with van der Waals surface area (Å²) in [5.41, 5.74) is 0. The molecule has 0 bridgehead atoms. The molecule has 0 spiro atoms. The molecule has 0 aliphatic carbocycles. The number of carboxylic acid groups (broad SMARTS) is 1. The van der Waals surface area contributed by atoms with Crippen LogP contribution in [0.5, 0.6) is 0 Å². The van der Waals surface area contributed by atoms with E-state index in [0.29, 0.717) is 0 Å². The van der Waals surface area contributed by atoms with Gasteiger partial charge in [0.25, 0.3) is 0 Å². The van der Waals surface area contributed by atoms with Gasteiger partial charge in [-0.25, -0.2) is 9.18 Å². The third-order valence-corrected chi connectivity index (χ3v) is 1.77. The standard InChI is InChI=1S/C6H10FNO3/c7-4-1-2-8(6(10)11)3-5(4)9/h4-5,9H,1-3H2,(H,10,11)/t4-,5+/m0/s1. The van der Waals surface area contributed by atoms with Crippen molar-refractivity contribution in [2.75, 3.05) is 13.1 Å². The second-order valence-electron chi connectivity index (χ2n) is 2.60. The molecule has 1 aliphatic rings. The van der Waals surface area contributed by atoms with Gasteiger partial charge in [-0.3, -0.25) is 0 Å². The second kappa shape index (κ2) is 3.04. The molecule has 2 atom stereocenters. The SMILES string of the molecule is O=C(O)N1CC[C@H](F)[C@H](O)C1. The molecule has 1 fully saturated rings. The Morgan fingerprint density at radius 3 is 2.73 bits per heavy atom. The maximum atomic E-state index is 12.5. The van der Waals surface area contributed by atoms with Crippen molar-refractivity contribution in [1.29, 1.82) is 0 Å². The molecule has 1 saturated heterocycles. The van der Waals surface area contributed by atoms with Gasteiger partial charge in [-0.2, -0.15) is 0 Å². The van der Waals surface area contributed by atoms with Crippen molar-refractivity contribution in [3.05, 3.63) is 0 Å². The minimum absolute atomic E-state index is 0.0907. The lowest BCUT2D eigenvalue weighted by atomic mass is 10.1. The van der Waals surface area contributed by atoms with Crippen LogP contribution in [0.4, 0.5) is 9.18 Å². The summed E-state index contributed by atoms with van der Waals surface area (Å²) >= 11 is 0. The molecule has 1 aliphatic heterocycles. The Kier molecular flexibility index (Phi) is 2.28. The number of alkyl halides is 1. The fourth-order valence-corrected chi connectivity index (χ4v) is 1.08. The van der Waals surface area contributed by atoms with Crippen molar-refractivity contribution >= 4 is 6.09 Å². The zero-order valence-corrected chi connectivity index (χ0v) is 5.90. The normalized spacial score (nSPS) is 32.0. The number of carbonyl (C=O) groups is 1. The highest BCUT2D eigenvalue weighted by Gasteiger charge is 2.29. The van der Waals surface area contributed by atoms with E-state index in [2.05, 4.69) is 0 Å². The first-order chi connectivity index (χ1) is 5.11. The monoisotopic (exact) mass is 163 g/mol. The minimum atomic E-state index is -1.27. The predicted octanol–water partition coefficient (Wildman–Crippen LogP) is 0.0691. The smallest absolute Gasteiger partial charge is 0.407 e. The van der Waals surface area contributed by atoms with Crippen LogP contribution in [0.2, 0.25) is 0 Å². The van der Waals surface area contributed by atoms with Gasteiger partial charge in [0.1, 0.15) is 12.3 Å². The molecule has 0 aromatic rings. The molecule has 4 nitrogen and oxygen atoms in total. The van der Waals surface area contributed by atoms with Crippen LogP contribution in [0.3, 0.4) is 0 Å². The van der Waals surface area contributed by atoms with E-state index < -0.39 is 18.4 Å². The van der Waals surface area contributed by atoms with E-state index in [1.165, 1.54) is 0 Å². The summed E-state index contributed by atoms with van der Waals surface area (Å²) in [6, 6.07) is 0. The molecule has 64 valence electrons. The van der Waals surface area contributed by atoms with Gasteiger partial charge in [0.05, 0.1) is 6.54 Å². The Morgan fingerprint density at radius 2 is 2.27 bits per heavy atom. The summed E-state index contributed by atoms with van der Waals surface area (Å²) in [5, 5.41) is 17.4. The first-order valence-electron chi connectivity index (χ1n) is 3.41. The van der Waals surface area contributed by atoms with E-state index in [1.807, 2.05) is 0 Å². The number of nitrogens with zero attached hydrogens (tertiary/aromatic N) is 1. The number of likely N-dealkylation sites (tertiary alicyclic amines) is 1. The first-order valence-corrected chi connectivity index (χ1v) is 3.41. The van der Waals surface area contributed by atoms with Crippen LogP contribution in [-0.4, -0.2) is 46.6 Å². The molecular weight excluding hydrogens is 153 g/mol. The molecule has 0 aromatic heterocycles. The number of rotatable bonds is 0. The fraction of sp³-hybridized carbons (Fsp3) is 0.833. The minimum Gasteiger partial charge on any atom is -0.465 e. The number of hydrogen-bond donors (Lipinski definition) is 2. The van der Waals surface area contributed by atoms with Gasteiger partial charge >= 0.3 is 6.09 Å². The predicted molar refractivity (Wildman–Crippen MR) is 35.1 cm³/mol. The van der Waals surface area contributed by atoms with Crippen LogP contribution in [0.25, 0.3) is 0 Å². The van der Waals surface area contributed by atoms with Crippen molar-refractivity contribution < 1.29 is 19.4 Å². The second-order valence-corrected chi connectivity index (χ2v) is 2.60. The van der Waals surface area contributed by atoms with Crippen LogP contribution < -0.4 is 0 Å². The molecule has 1 heterocycles. The molecule has 2 N–H and O–H groups in total. The fourth-order valence-electron chi connectivity index (χ4n) is 1.08. The number of aliphatic hydroxyl groups is 1. The highest BCUT2D eigenvalue weighted by atomic mass is 19.1. The number of β-amino-alcohol motifs (C(OH)–C–C–N with tert-alkyl or cyclic N) is 1. The van der Waals surface area contributed by atoms with Crippen LogP contribution in [-0.2, 0) is 0 Å². The molecule has 0 aromatic carbocycles. The maximum Gasteiger partial charge on any atom is 0.407 e. The summed E-state index contributed by atoms with van der Waals surface area (Å²) in [5.74, 6) is 0. The topological polar surface area (TPSA) is 60.8 Å². The van der Waals surface area contributed by atoms with Gasteiger partial charge in [-0.1, -0.05) is 0 Å². The Bertz CT molecular complexity index is 164. The van der Waals surface area contributed by atoms with Crippen molar-refractivity contribution in [2.45, 2.75) is 18.7 Å². The third kappa shape index (κ3) is 1.80. The quantitative estimate of drug-likeness (QED) is 0.531. The molecule has 1 amide bonds. The molecule has 0 saturated carbocycles. The third-order valence-electron chi connectivity index (χ3n) is 1.77. The Balaban J connectivity index is 2.46. The summed E-state index contributed by atoms with van der Waals surface area (Å²) in [4.78, 5) is 11.3. The van der Waals surface area contributed by atoms with Crippen LogP contribution in [0.1, 0.15) is 6.42 Å². The molecule has 0 unspecified atom stereocenters. The molecule has 11 heavy (non-hydrogen) atoms. The highest BCUT2D eigenvalue weighted by molar-refractivity contribution is 5.65. The van der Waals surface area contributed by atoms with E-state index in [-0.39, 0.29) is 19.5 Å². The van der Waals surface area contributed by atoms with Crippen LogP contribution in [0, 0.1) is 0 Å². The lowest BCUT2D eigenvalue weighted by Crippen LogP contribution is -2.47. The largest absolute Gasteiger partial charge is 0.465 e. The summed E-state index contributed by atoms with van der Waals surface area (Å²) in [7, 11) is 0. The average molecular weight is 163 g/mol. The summed E-state index contributed by atoms with van der Waals surface area (Å²) in [6.07, 6.45) is -3.44. The van der Waals surface area contributed by atoms with Crippen LogP contribution >= 0.6 is 0 Å². The highest BCUT2D eigenvalue weighted by Crippen LogP contribution is 2.13. The molecule has 0 radical (unpaired) electrons. The zero-order valence-electron chi connectivity index (χ0n) is 5.90. The Hall–Kier alpha value is -0.840. The number of amides is 1. The van der Waals surface area contributed by atoms with Crippen molar-refractivity contribution in [3.63, 3.8) is 0 Å². The van der Waals surface area contributed by atoms with Gasteiger partial charge in [0, 0.05) is 6.54 Å².